The van der Waals surface area contributed by atoms with Crippen molar-refractivity contribution in [3.63, 3.8) is 0 Å². The van der Waals surface area contributed by atoms with E-state index in [4.69, 9.17) is 0 Å². The van der Waals surface area contributed by atoms with Crippen LogP contribution in [0.15, 0.2) is 42.9 Å². The van der Waals surface area contributed by atoms with Crippen molar-refractivity contribution >= 4 is 16.8 Å². The number of nitrogens with one attached hydrogen (secondary N) is 3. The van der Waals surface area contributed by atoms with Crippen molar-refractivity contribution < 1.29 is 4.79 Å². The molecule has 0 spiro atoms. The minimum absolute atomic E-state index is 0.0565. The molecule has 1 unspecified atom stereocenters. The van der Waals surface area contributed by atoms with Gasteiger partial charge in [0.25, 0.3) is 0 Å². The number of pyridine rings is 1. The topological polar surface area (TPSA) is 82.7 Å². The van der Waals surface area contributed by atoms with Crippen LogP contribution in [0.25, 0.3) is 10.9 Å². The first-order valence-corrected chi connectivity index (χ1v) is 7.69. The molecule has 6 nitrogen and oxygen atoms in total. The third-order valence-electron chi connectivity index (χ3n) is 4.20. The number of hydrogen-bond donors (Lipinski definition) is 3. The van der Waals surface area contributed by atoms with Crippen molar-refractivity contribution in [2.24, 2.45) is 0 Å². The number of carbonyl (C=O) groups is 1. The Morgan fingerprint density at radius 1 is 1.26 bits per heavy atom. The zero-order valence-electron chi connectivity index (χ0n) is 12.5. The Balaban J connectivity index is 1.52. The molecule has 0 aliphatic carbocycles. The molecular weight excluding hydrogens is 290 g/mol. The van der Waals surface area contributed by atoms with E-state index in [2.05, 4.69) is 25.6 Å². The first-order chi connectivity index (χ1) is 11.3. The van der Waals surface area contributed by atoms with Crippen LogP contribution in [-0.4, -0.2) is 27.4 Å². The number of amides is 1. The Hall–Kier alpha value is -2.73. The Kier molecular flexibility index (Phi) is 3.51. The van der Waals surface area contributed by atoms with Gasteiger partial charge in [-0.1, -0.05) is 18.2 Å². The third-order valence-corrected chi connectivity index (χ3v) is 4.20. The Morgan fingerprint density at radius 3 is 3.13 bits per heavy atom. The summed E-state index contributed by atoms with van der Waals surface area (Å²) in [5.41, 5.74) is 3.83. The summed E-state index contributed by atoms with van der Waals surface area (Å²) < 4.78 is 0. The number of benzene rings is 1. The highest BCUT2D eigenvalue weighted by atomic mass is 16.2. The van der Waals surface area contributed by atoms with Crippen molar-refractivity contribution in [3.05, 3.63) is 59.8 Å². The van der Waals surface area contributed by atoms with Crippen LogP contribution in [0.3, 0.4) is 0 Å². The lowest BCUT2D eigenvalue weighted by atomic mass is 10.0. The fourth-order valence-corrected chi connectivity index (χ4v) is 3.03. The summed E-state index contributed by atoms with van der Waals surface area (Å²) in [4.78, 5) is 24.2. The predicted molar refractivity (Wildman–Crippen MR) is 86.6 cm³/mol. The van der Waals surface area contributed by atoms with Crippen LogP contribution in [0, 0.1) is 0 Å². The molecule has 0 radical (unpaired) electrons. The molecule has 1 aliphatic rings. The first-order valence-electron chi connectivity index (χ1n) is 7.69. The van der Waals surface area contributed by atoms with Gasteiger partial charge >= 0.3 is 0 Å². The lowest BCUT2D eigenvalue weighted by Crippen LogP contribution is -2.41. The number of nitrogens with zero attached hydrogens (tertiary/aromatic N) is 2. The normalized spacial score (nSPS) is 17.0. The highest BCUT2D eigenvalue weighted by Gasteiger charge is 2.28. The molecule has 4 rings (SSSR count). The van der Waals surface area contributed by atoms with Crippen molar-refractivity contribution in [1.82, 2.24) is 25.6 Å². The van der Waals surface area contributed by atoms with Crippen LogP contribution in [-0.2, 0) is 17.8 Å². The lowest BCUT2D eigenvalue weighted by molar-refractivity contribution is -0.123. The maximum atomic E-state index is 12.5. The minimum Gasteiger partial charge on any atom is -0.350 e. The minimum atomic E-state index is -0.391. The zero-order valence-corrected chi connectivity index (χ0v) is 12.5. The van der Waals surface area contributed by atoms with Crippen LogP contribution >= 0.6 is 0 Å². The van der Waals surface area contributed by atoms with Gasteiger partial charge in [-0.05, 0) is 17.7 Å². The maximum Gasteiger partial charge on any atom is 0.243 e. The number of rotatable bonds is 3. The third kappa shape index (κ3) is 2.57. The molecule has 0 fully saturated rings. The van der Waals surface area contributed by atoms with E-state index in [1.54, 1.807) is 12.5 Å². The van der Waals surface area contributed by atoms with Gasteiger partial charge < -0.3 is 15.6 Å². The van der Waals surface area contributed by atoms with Crippen LogP contribution in [0.2, 0.25) is 0 Å². The van der Waals surface area contributed by atoms with Crippen molar-refractivity contribution in [1.29, 1.82) is 0 Å². The molecular formula is C17H17N5O. The smallest absolute Gasteiger partial charge is 0.243 e. The summed E-state index contributed by atoms with van der Waals surface area (Å²) in [6.07, 6.45) is 4.29. The van der Waals surface area contributed by atoms with Crippen LogP contribution < -0.4 is 10.6 Å². The van der Waals surface area contributed by atoms with Crippen molar-refractivity contribution in [2.45, 2.75) is 19.0 Å². The highest BCUT2D eigenvalue weighted by molar-refractivity contribution is 5.85. The Morgan fingerprint density at radius 2 is 2.17 bits per heavy atom. The molecule has 3 aromatic rings. The van der Waals surface area contributed by atoms with E-state index in [0.29, 0.717) is 6.54 Å². The number of H-pyrrole nitrogens is 1. The molecule has 116 valence electrons. The van der Waals surface area contributed by atoms with Gasteiger partial charge in [-0.15, -0.1) is 0 Å². The van der Waals surface area contributed by atoms with E-state index in [1.165, 1.54) is 0 Å². The number of carbonyl (C=O) groups excluding carboxylic acids is 1. The van der Waals surface area contributed by atoms with Gasteiger partial charge in [-0.2, -0.15) is 0 Å². The number of aromatic nitrogens is 3. The fraction of sp³-hybridized carbons (Fsp3) is 0.235. The monoisotopic (exact) mass is 307 g/mol. The lowest BCUT2D eigenvalue weighted by Gasteiger charge is -2.22. The number of hydrogen-bond acceptors (Lipinski definition) is 4. The van der Waals surface area contributed by atoms with Gasteiger partial charge in [0.1, 0.15) is 6.04 Å². The van der Waals surface area contributed by atoms with Crippen molar-refractivity contribution in [2.75, 3.05) is 6.54 Å². The average molecular weight is 307 g/mol. The number of aromatic amines is 1. The molecule has 2 aromatic heterocycles. The van der Waals surface area contributed by atoms with Crippen molar-refractivity contribution in [3.8, 4) is 0 Å². The molecule has 1 aromatic carbocycles. The van der Waals surface area contributed by atoms with Gasteiger partial charge in [-0.25, -0.2) is 4.98 Å². The standard InChI is InChI=1S/C17H17N5O/c23-17(16-15-14(6-8-19-16)21-10-22-15)20-9-11-5-7-18-13-4-2-1-3-12(11)13/h1-5,7,10,16,19H,6,8-9H2,(H,20,23)(H,21,22). The molecule has 6 heteroatoms. The number of para-hydroxylation sites is 1. The fourth-order valence-electron chi connectivity index (χ4n) is 3.03. The highest BCUT2D eigenvalue weighted by Crippen LogP contribution is 2.20. The molecule has 1 amide bonds. The molecule has 1 atom stereocenters. The maximum absolute atomic E-state index is 12.5. The SMILES string of the molecule is O=C(NCc1ccnc2ccccc12)C1NCCc2[nH]cnc21. The van der Waals surface area contributed by atoms with E-state index >= 15 is 0 Å². The largest absolute Gasteiger partial charge is 0.350 e. The second-order valence-electron chi connectivity index (χ2n) is 5.61. The average Bonchev–Trinajstić information content (AvgIpc) is 3.08. The van der Waals surface area contributed by atoms with E-state index < -0.39 is 6.04 Å². The van der Waals surface area contributed by atoms with Gasteiger partial charge in [0, 0.05) is 36.8 Å². The molecule has 0 bridgehead atoms. The van der Waals surface area contributed by atoms with Crippen LogP contribution in [0.5, 0.6) is 0 Å². The molecule has 0 saturated carbocycles. The van der Waals surface area contributed by atoms with E-state index in [-0.39, 0.29) is 5.91 Å². The summed E-state index contributed by atoms with van der Waals surface area (Å²) in [5, 5.41) is 7.30. The summed E-state index contributed by atoms with van der Waals surface area (Å²) >= 11 is 0. The molecule has 0 saturated heterocycles. The predicted octanol–water partition coefficient (Wildman–Crippen LogP) is 1.46. The van der Waals surface area contributed by atoms with Gasteiger partial charge in [0.15, 0.2) is 0 Å². The summed E-state index contributed by atoms with van der Waals surface area (Å²) in [6, 6.07) is 9.49. The quantitative estimate of drug-likeness (QED) is 0.684. The summed E-state index contributed by atoms with van der Waals surface area (Å²) in [6.45, 7) is 1.24. The first kappa shape index (κ1) is 13.9. The second kappa shape index (κ2) is 5.81. The number of fused-ring (bicyclic) bond motifs is 2. The zero-order chi connectivity index (χ0) is 15.6. The molecule has 3 N–H and O–H groups in total. The molecule has 1 aliphatic heterocycles. The number of imidazole rings is 1. The second-order valence-corrected chi connectivity index (χ2v) is 5.61. The Bertz CT molecular complexity index is 852. The van der Waals surface area contributed by atoms with E-state index in [9.17, 15) is 4.79 Å². The summed E-state index contributed by atoms with van der Waals surface area (Å²) in [5.74, 6) is -0.0565. The summed E-state index contributed by atoms with van der Waals surface area (Å²) in [7, 11) is 0. The van der Waals surface area contributed by atoms with Crippen LogP contribution in [0.4, 0.5) is 0 Å². The van der Waals surface area contributed by atoms with Gasteiger partial charge in [0.05, 0.1) is 17.5 Å². The van der Waals surface area contributed by atoms with Gasteiger partial charge in [-0.3, -0.25) is 9.78 Å². The van der Waals surface area contributed by atoms with Gasteiger partial charge in [0.2, 0.25) is 5.91 Å². The molecule has 3 heterocycles. The Labute approximate surface area is 133 Å². The van der Waals surface area contributed by atoms with E-state index in [1.807, 2.05) is 30.3 Å². The molecule has 23 heavy (non-hydrogen) atoms. The van der Waals surface area contributed by atoms with Crippen LogP contribution in [0.1, 0.15) is 23.0 Å². The van der Waals surface area contributed by atoms with E-state index in [0.717, 1.165) is 40.8 Å².